The van der Waals surface area contributed by atoms with Crippen LogP contribution in [0.2, 0.25) is 0 Å². The summed E-state index contributed by atoms with van der Waals surface area (Å²) in [4.78, 5) is 17.6. The average Bonchev–Trinajstić information content (AvgIpc) is 3.44. The molecule has 1 fully saturated rings. The lowest BCUT2D eigenvalue weighted by atomic mass is 10.00. The van der Waals surface area contributed by atoms with Crippen LogP contribution in [0.5, 0.6) is 11.5 Å². The van der Waals surface area contributed by atoms with Gasteiger partial charge in [-0.25, -0.2) is 0 Å². The molecule has 2 aromatic rings. The van der Waals surface area contributed by atoms with Crippen molar-refractivity contribution in [2.75, 3.05) is 19.9 Å². The molecule has 1 saturated carbocycles. The van der Waals surface area contributed by atoms with E-state index >= 15 is 0 Å². The number of nitrogens with zero attached hydrogens (tertiary/aromatic N) is 2. The van der Waals surface area contributed by atoms with Crippen LogP contribution in [0.3, 0.4) is 0 Å². The Balaban J connectivity index is 1.29. The summed E-state index contributed by atoms with van der Waals surface area (Å²) in [7, 11) is 0. The summed E-state index contributed by atoms with van der Waals surface area (Å²) in [5.41, 5.74) is 3.85. The summed E-state index contributed by atoms with van der Waals surface area (Å²) in [6, 6.07) is 15.1. The predicted octanol–water partition coefficient (Wildman–Crippen LogP) is 3.74. The van der Waals surface area contributed by atoms with Crippen LogP contribution < -0.4 is 9.47 Å². The van der Waals surface area contributed by atoms with E-state index in [-0.39, 0.29) is 5.91 Å². The highest BCUT2D eigenvalue weighted by atomic mass is 16.7. The Morgan fingerprint density at radius 2 is 1.83 bits per heavy atom. The summed E-state index contributed by atoms with van der Waals surface area (Å²) in [6.07, 6.45) is 5.83. The molecule has 2 heterocycles. The Kier molecular flexibility index (Phi) is 5.15. The smallest absolute Gasteiger partial charge is 0.237 e. The van der Waals surface area contributed by atoms with E-state index in [1.807, 2.05) is 11.0 Å². The maximum absolute atomic E-state index is 13.2. The zero-order valence-electron chi connectivity index (χ0n) is 16.8. The lowest BCUT2D eigenvalue weighted by Crippen LogP contribution is -2.45. The number of amides is 1. The Morgan fingerprint density at radius 3 is 2.69 bits per heavy atom. The Hall–Kier alpha value is -2.53. The summed E-state index contributed by atoms with van der Waals surface area (Å²) >= 11 is 0. The molecular formula is C24H28N2O3. The molecule has 1 amide bonds. The fourth-order valence-corrected chi connectivity index (χ4v) is 4.84. The molecule has 0 unspecified atom stereocenters. The van der Waals surface area contributed by atoms with Crippen LogP contribution >= 0.6 is 0 Å². The minimum atomic E-state index is 0.243. The molecule has 0 bridgehead atoms. The van der Waals surface area contributed by atoms with Gasteiger partial charge < -0.3 is 14.4 Å². The van der Waals surface area contributed by atoms with Crippen LogP contribution in [0.4, 0.5) is 0 Å². The lowest BCUT2D eigenvalue weighted by Gasteiger charge is -2.33. The van der Waals surface area contributed by atoms with Gasteiger partial charge in [0, 0.05) is 25.7 Å². The second-order valence-corrected chi connectivity index (χ2v) is 8.36. The van der Waals surface area contributed by atoms with Crippen LogP contribution in [0.25, 0.3) is 0 Å². The summed E-state index contributed by atoms with van der Waals surface area (Å²) in [5.74, 6) is 1.87. The summed E-state index contributed by atoms with van der Waals surface area (Å²) in [6.45, 7) is 3.11. The summed E-state index contributed by atoms with van der Waals surface area (Å²) < 4.78 is 11.0. The molecule has 2 aliphatic heterocycles. The SMILES string of the molecule is O=C(CN(Cc1ccc2c(c1)OCO2)C1CCCC1)N1CCc2ccccc2C1. The predicted molar refractivity (Wildman–Crippen MR) is 111 cm³/mol. The van der Waals surface area contributed by atoms with E-state index in [0.29, 0.717) is 19.4 Å². The molecule has 2 aromatic carbocycles. The van der Waals surface area contributed by atoms with Gasteiger partial charge in [0.2, 0.25) is 12.7 Å². The van der Waals surface area contributed by atoms with Crippen molar-refractivity contribution in [2.45, 2.75) is 51.2 Å². The normalized spacial score (nSPS) is 18.3. The van der Waals surface area contributed by atoms with Crippen molar-refractivity contribution in [3.8, 4) is 11.5 Å². The van der Waals surface area contributed by atoms with E-state index in [0.717, 1.165) is 37.6 Å². The third-order valence-corrected chi connectivity index (χ3v) is 6.49. The average molecular weight is 392 g/mol. The van der Waals surface area contributed by atoms with Crippen LogP contribution in [0.1, 0.15) is 42.4 Å². The maximum Gasteiger partial charge on any atom is 0.237 e. The van der Waals surface area contributed by atoms with Crippen molar-refractivity contribution in [2.24, 2.45) is 0 Å². The van der Waals surface area contributed by atoms with Crippen molar-refractivity contribution in [3.63, 3.8) is 0 Å². The monoisotopic (exact) mass is 392 g/mol. The van der Waals surface area contributed by atoms with Gasteiger partial charge in [0.05, 0.1) is 6.54 Å². The van der Waals surface area contributed by atoms with Crippen molar-refractivity contribution in [1.29, 1.82) is 0 Å². The van der Waals surface area contributed by atoms with E-state index in [4.69, 9.17) is 9.47 Å². The van der Waals surface area contributed by atoms with E-state index in [1.54, 1.807) is 0 Å². The number of hydrogen-bond acceptors (Lipinski definition) is 4. The molecule has 3 aliphatic rings. The van der Waals surface area contributed by atoms with Crippen molar-refractivity contribution < 1.29 is 14.3 Å². The molecule has 0 spiro atoms. The quantitative estimate of drug-likeness (QED) is 0.777. The third kappa shape index (κ3) is 3.97. The second-order valence-electron chi connectivity index (χ2n) is 8.36. The number of rotatable bonds is 5. The third-order valence-electron chi connectivity index (χ3n) is 6.49. The maximum atomic E-state index is 13.2. The number of carbonyl (C=O) groups excluding carboxylic acids is 1. The molecule has 1 aliphatic carbocycles. The van der Waals surface area contributed by atoms with Gasteiger partial charge >= 0.3 is 0 Å². The Bertz CT molecular complexity index is 891. The first kappa shape index (κ1) is 18.5. The van der Waals surface area contributed by atoms with Gasteiger partial charge in [-0.3, -0.25) is 9.69 Å². The minimum Gasteiger partial charge on any atom is -0.454 e. The fraction of sp³-hybridized carbons (Fsp3) is 0.458. The van der Waals surface area contributed by atoms with Crippen LogP contribution in [0, 0.1) is 0 Å². The van der Waals surface area contributed by atoms with E-state index in [2.05, 4.69) is 41.3 Å². The van der Waals surface area contributed by atoms with E-state index < -0.39 is 0 Å². The highest BCUT2D eigenvalue weighted by molar-refractivity contribution is 5.78. The topological polar surface area (TPSA) is 42.0 Å². The van der Waals surface area contributed by atoms with Crippen LogP contribution in [-0.2, 0) is 24.3 Å². The standard InChI is InChI=1S/C24H28N2O3/c27-24(25-12-11-19-5-1-2-6-20(19)15-25)16-26(21-7-3-4-8-21)14-18-9-10-22-23(13-18)29-17-28-22/h1-2,5-6,9-10,13,21H,3-4,7-8,11-12,14-17H2. The number of fused-ring (bicyclic) bond motifs is 2. The number of carbonyl (C=O) groups is 1. The first-order chi connectivity index (χ1) is 14.3. The van der Waals surface area contributed by atoms with Gasteiger partial charge in [-0.05, 0) is 48.1 Å². The highest BCUT2D eigenvalue weighted by Gasteiger charge is 2.28. The molecule has 29 heavy (non-hydrogen) atoms. The molecule has 0 aromatic heterocycles. The minimum absolute atomic E-state index is 0.243. The van der Waals surface area contributed by atoms with Gasteiger partial charge in [0.25, 0.3) is 0 Å². The van der Waals surface area contributed by atoms with Crippen molar-refractivity contribution >= 4 is 5.91 Å². The molecule has 5 nitrogen and oxygen atoms in total. The molecule has 0 N–H and O–H groups in total. The van der Waals surface area contributed by atoms with Gasteiger partial charge in [-0.2, -0.15) is 0 Å². The van der Waals surface area contributed by atoms with Gasteiger partial charge in [0.1, 0.15) is 0 Å². The molecular weight excluding hydrogens is 364 g/mol. The molecule has 152 valence electrons. The molecule has 0 saturated heterocycles. The van der Waals surface area contributed by atoms with Crippen molar-refractivity contribution in [1.82, 2.24) is 9.80 Å². The Labute approximate surface area is 172 Å². The zero-order chi connectivity index (χ0) is 19.6. The molecule has 5 heteroatoms. The molecule has 0 radical (unpaired) electrons. The van der Waals surface area contributed by atoms with Gasteiger partial charge in [-0.15, -0.1) is 0 Å². The van der Waals surface area contributed by atoms with E-state index in [1.165, 1.54) is 42.4 Å². The zero-order valence-corrected chi connectivity index (χ0v) is 16.8. The number of hydrogen-bond donors (Lipinski definition) is 0. The first-order valence-corrected chi connectivity index (χ1v) is 10.7. The largest absolute Gasteiger partial charge is 0.454 e. The first-order valence-electron chi connectivity index (χ1n) is 10.7. The summed E-state index contributed by atoms with van der Waals surface area (Å²) in [5, 5.41) is 0. The van der Waals surface area contributed by atoms with Crippen molar-refractivity contribution in [3.05, 3.63) is 59.2 Å². The Morgan fingerprint density at radius 1 is 1.03 bits per heavy atom. The molecule has 0 atom stereocenters. The van der Waals surface area contributed by atoms with Gasteiger partial charge in [0.15, 0.2) is 11.5 Å². The lowest BCUT2D eigenvalue weighted by molar-refractivity contribution is -0.134. The highest BCUT2D eigenvalue weighted by Crippen LogP contribution is 2.33. The van der Waals surface area contributed by atoms with E-state index in [9.17, 15) is 4.79 Å². The van der Waals surface area contributed by atoms with Gasteiger partial charge in [-0.1, -0.05) is 43.2 Å². The second kappa shape index (κ2) is 8.07. The number of benzene rings is 2. The molecule has 5 rings (SSSR count). The number of ether oxygens (including phenoxy) is 2. The van der Waals surface area contributed by atoms with Crippen LogP contribution in [-0.4, -0.2) is 41.6 Å². The fourth-order valence-electron chi connectivity index (χ4n) is 4.84. The van der Waals surface area contributed by atoms with Crippen LogP contribution in [0.15, 0.2) is 42.5 Å².